The van der Waals surface area contributed by atoms with Gasteiger partial charge < -0.3 is 4.42 Å². The lowest BCUT2D eigenvalue weighted by Gasteiger charge is -2.11. The third kappa shape index (κ3) is 2.21. The van der Waals surface area contributed by atoms with Crippen LogP contribution in [-0.4, -0.2) is 0 Å². The summed E-state index contributed by atoms with van der Waals surface area (Å²) in [5.74, 6) is 0.356. The van der Waals surface area contributed by atoms with Gasteiger partial charge in [-0.2, -0.15) is 9.13 Å². The molecule has 40 heavy (non-hydrogen) atoms. The van der Waals surface area contributed by atoms with E-state index in [9.17, 15) is 0 Å². The summed E-state index contributed by atoms with van der Waals surface area (Å²) < 4.78 is 12.1. The number of hydrogen-bond acceptors (Lipinski definition) is 1. The third-order valence-corrected chi connectivity index (χ3v) is 10.4. The summed E-state index contributed by atoms with van der Waals surface area (Å²) in [5, 5.41) is 2.44. The van der Waals surface area contributed by atoms with Crippen LogP contribution >= 0.6 is 0 Å². The monoisotopic (exact) mass is 516 g/mol. The highest BCUT2D eigenvalue weighted by Gasteiger charge is 2.86. The number of rotatable bonds is 0. The predicted molar refractivity (Wildman–Crippen MR) is 157 cm³/mol. The summed E-state index contributed by atoms with van der Waals surface area (Å²) in [6, 6.07) is 29.9. The van der Waals surface area contributed by atoms with E-state index in [1.54, 1.807) is 0 Å². The van der Waals surface area contributed by atoms with Gasteiger partial charge in [-0.15, -0.1) is 0 Å². The molecule has 190 valence electrons. The van der Waals surface area contributed by atoms with Gasteiger partial charge in [-0.1, -0.05) is 42.0 Å². The summed E-state index contributed by atoms with van der Waals surface area (Å²) in [6.07, 6.45) is 5.68. The number of benzene rings is 3. The number of pyridine rings is 2. The van der Waals surface area contributed by atoms with E-state index in [2.05, 4.69) is 121 Å². The predicted octanol–water partition coefficient (Wildman–Crippen LogP) is 7.56. The molecule has 0 saturated heterocycles. The van der Waals surface area contributed by atoms with Crippen LogP contribution in [0.25, 0.3) is 50.0 Å². The first kappa shape index (κ1) is 21.3. The Hall–Kier alpha value is -4.50. The lowest BCUT2D eigenvalue weighted by molar-refractivity contribution is -0.772. The maximum atomic E-state index is 7.00. The zero-order valence-electron chi connectivity index (χ0n) is 22.8. The highest BCUT2D eigenvalue weighted by molar-refractivity contribution is 6.13. The lowest BCUT2D eigenvalue weighted by Crippen LogP contribution is -2.51. The normalized spacial score (nSPS) is 22.8. The van der Waals surface area contributed by atoms with Crippen molar-refractivity contribution >= 4 is 27.5 Å². The minimum absolute atomic E-state index is 0.189. The van der Waals surface area contributed by atoms with Gasteiger partial charge >= 0.3 is 0 Å². The molecule has 2 aliphatic heterocycles. The first-order valence-corrected chi connectivity index (χ1v) is 14.4. The highest BCUT2D eigenvalue weighted by atomic mass is 16.3. The molecule has 6 aromatic rings. The molecule has 3 heteroatoms. The minimum atomic E-state index is -0.189. The maximum absolute atomic E-state index is 7.00. The van der Waals surface area contributed by atoms with Crippen molar-refractivity contribution in [2.24, 2.45) is 0 Å². The molecule has 10 rings (SSSR count). The first-order valence-electron chi connectivity index (χ1n) is 14.4. The number of hydrogen-bond donors (Lipinski definition) is 0. The summed E-state index contributed by atoms with van der Waals surface area (Å²) >= 11 is 0. The van der Waals surface area contributed by atoms with Gasteiger partial charge in [0.05, 0.1) is 11.1 Å². The number of aryl methyl sites for hydroxylation is 1. The average molecular weight is 517 g/mol. The first-order chi connectivity index (χ1) is 19.6. The zero-order chi connectivity index (χ0) is 26.5. The molecule has 4 aliphatic rings. The van der Waals surface area contributed by atoms with Gasteiger partial charge in [0.1, 0.15) is 17.1 Å². The van der Waals surface area contributed by atoms with E-state index in [0.717, 1.165) is 17.6 Å². The molecule has 3 aromatic carbocycles. The molecular formula is C37H28N2O+2. The van der Waals surface area contributed by atoms with Gasteiger partial charge in [-0.3, -0.25) is 0 Å². The quantitative estimate of drug-likeness (QED) is 0.191. The Morgan fingerprint density at radius 1 is 0.775 bits per heavy atom. The minimum Gasteiger partial charge on any atom is -0.454 e. The molecule has 2 aliphatic carbocycles. The fourth-order valence-corrected chi connectivity index (χ4v) is 8.65. The van der Waals surface area contributed by atoms with Gasteiger partial charge in [-0.05, 0) is 68.2 Å². The largest absolute Gasteiger partial charge is 0.454 e. The molecule has 3 atom stereocenters. The van der Waals surface area contributed by atoms with Gasteiger partial charge in [0.2, 0.25) is 17.4 Å². The SMILES string of the molecule is CC1=C(C)c2c(ccc3c2oc2c4c(ccc23)C2(C3c5ccccc5-c5cccc[n+]5C32)[n+]2cc(C)ccc2-4)C1. The van der Waals surface area contributed by atoms with Crippen LogP contribution in [0.1, 0.15) is 53.6 Å². The highest BCUT2D eigenvalue weighted by Crippen LogP contribution is 2.71. The number of aromatic nitrogens is 2. The van der Waals surface area contributed by atoms with Crippen LogP contribution in [0.5, 0.6) is 0 Å². The fourth-order valence-electron chi connectivity index (χ4n) is 8.65. The average Bonchev–Trinajstić information content (AvgIpc) is 3.23. The number of furan rings is 1. The van der Waals surface area contributed by atoms with Crippen molar-refractivity contribution in [2.45, 2.75) is 44.7 Å². The summed E-state index contributed by atoms with van der Waals surface area (Å²) in [4.78, 5) is 0. The van der Waals surface area contributed by atoms with Crippen molar-refractivity contribution < 1.29 is 13.6 Å². The van der Waals surface area contributed by atoms with E-state index in [1.165, 1.54) is 72.3 Å². The molecule has 1 fully saturated rings. The smallest absolute Gasteiger partial charge is 0.269 e. The van der Waals surface area contributed by atoms with Crippen molar-refractivity contribution in [2.75, 3.05) is 0 Å². The van der Waals surface area contributed by atoms with E-state index >= 15 is 0 Å². The zero-order valence-corrected chi connectivity index (χ0v) is 22.8. The Bertz CT molecular complexity index is 2140. The van der Waals surface area contributed by atoms with E-state index < -0.39 is 0 Å². The number of fused-ring (bicyclic) bond motifs is 19. The van der Waals surface area contributed by atoms with Crippen LogP contribution in [0.3, 0.4) is 0 Å². The Labute approximate surface area is 232 Å². The Morgan fingerprint density at radius 2 is 1.57 bits per heavy atom. The summed E-state index contributed by atoms with van der Waals surface area (Å²) in [7, 11) is 0. The van der Waals surface area contributed by atoms with Crippen molar-refractivity contribution in [1.82, 2.24) is 0 Å². The van der Waals surface area contributed by atoms with Crippen LogP contribution in [0, 0.1) is 6.92 Å². The molecule has 3 aromatic heterocycles. The fraction of sp³-hybridized carbons (Fsp3) is 0.189. The molecule has 0 N–H and O–H groups in total. The molecule has 1 spiro atoms. The molecule has 0 radical (unpaired) electrons. The second kappa shape index (κ2) is 6.79. The maximum Gasteiger partial charge on any atom is 0.269 e. The van der Waals surface area contributed by atoms with Crippen molar-refractivity contribution in [1.29, 1.82) is 0 Å². The van der Waals surface area contributed by atoms with Crippen LogP contribution in [0.4, 0.5) is 0 Å². The summed E-state index contributed by atoms with van der Waals surface area (Å²) in [6.45, 7) is 6.72. The molecular weight excluding hydrogens is 488 g/mol. The van der Waals surface area contributed by atoms with Crippen molar-refractivity contribution in [3.63, 3.8) is 0 Å². The van der Waals surface area contributed by atoms with Gasteiger partial charge in [0, 0.05) is 45.7 Å². The molecule has 3 unspecified atom stereocenters. The van der Waals surface area contributed by atoms with Crippen LogP contribution in [-0.2, 0) is 12.0 Å². The Balaban J connectivity index is 1.33. The Morgan fingerprint density at radius 3 is 2.48 bits per heavy atom. The molecule has 0 amide bonds. The third-order valence-electron chi connectivity index (χ3n) is 10.4. The second-order valence-corrected chi connectivity index (χ2v) is 12.3. The Kier molecular flexibility index (Phi) is 3.62. The molecule has 0 bridgehead atoms. The van der Waals surface area contributed by atoms with Crippen LogP contribution in [0.15, 0.2) is 101 Å². The van der Waals surface area contributed by atoms with Crippen LogP contribution < -0.4 is 9.13 Å². The van der Waals surface area contributed by atoms with Crippen molar-refractivity contribution in [3.05, 3.63) is 125 Å². The van der Waals surface area contributed by atoms with E-state index in [4.69, 9.17) is 4.42 Å². The topological polar surface area (TPSA) is 20.9 Å². The number of allylic oxidation sites excluding steroid dienone is 2. The molecule has 3 nitrogen and oxygen atoms in total. The molecule has 1 saturated carbocycles. The number of nitrogens with zero attached hydrogens (tertiary/aromatic N) is 2. The molecule has 5 heterocycles. The van der Waals surface area contributed by atoms with E-state index in [1.807, 2.05) is 0 Å². The van der Waals surface area contributed by atoms with E-state index in [0.29, 0.717) is 12.0 Å². The van der Waals surface area contributed by atoms with Crippen molar-refractivity contribution in [3.8, 4) is 22.5 Å². The lowest BCUT2D eigenvalue weighted by atomic mass is 9.92. The van der Waals surface area contributed by atoms with Gasteiger partial charge in [0.25, 0.3) is 5.54 Å². The standard InChI is InChI=1S/C37H28N2O/c1-20-11-16-30-32-28(15-14-27-26-13-12-23-18-21(2)22(3)31(23)34(26)40-35(27)32)37(39(30)19-20)33-25-9-5-4-8-24(25)29-10-6-7-17-38(29)36(33)37/h4-17,19,33,36H,18H2,1-3H3/q+2. The van der Waals surface area contributed by atoms with Crippen LogP contribution in [0.2, 0.25) is 0 Å². The van der Waals surface area contributed by atoms with Gasteiger partial charge in [-0.25, -0.2) is 0 Å². The van der Waals surface area contributed by atoms with E-state index in [-0.39, 0.29) is 5.54 Å². The second-order valence-electron chi connectivity index (χ2n) is 12.3. The van der Waals surface area contributed by atoms with Gasteiger partial charge in [0.15, 0.2) is 12.4 Å². The summed E-state index contributed by atoms with van der Waals surface area (Å²) in [5.41, 5.74) is 16.7.